The molecule has 2 aromatic carbocycles. The number of amides is 2. The highest BCUT2D eigenvalue weighted by molar-refractivity contribution is 6.31. The summed E-state index contributed by atoms with van der Waals surface area (Å²) < 4.78 is 13.7. The first-order valence-electron chi connectivity index (χ1n) is 8.50. The van der Waals surface area contributed by atoms with E-state index in [2.05, 4.69) is 15.6 Å². The number of rotatable bonds is 5. The average Bonchev–Trinajstić information content (AvgIpc) is 2.70. The number of aromatic nitrogens is 1. The lowest BCUT2D eigenvalue weighted by atomic mass is 10.1. The summed E-state index contributed by atoms with van der Waals surface area (Å²) in [6.07, 6.45) is 1.37. The Morgan fingerprint density at radius 2 is 1.86 bits per heavy atom. The van der Waals surface area contributed by atoms with E-state index in [1.54, 1.807) is 43.3 Å². The molecule has 7 heteroatoms. The zero-order chi connectivity index (χ0) is 20.1. The van der Waals surface area contributed by atoms with Crippen LogP contribution in [0.25, 0.3) is 0 Å². The smallest absolute Gasteiger partial charge is 0.274 e. The van der Waals surface area contributed by atoms with E-state index in [4.69, 9.17) is 11.6 Å². The molecule has 5 nitrogen and oxygen atoms in total. The molecule has 1 aromatic heterocycles. The molecule has 2 amide bonds. The number of hydrogen-bond donors (Lipinski definition) is 2. The fraction of sp³-hybridized carbons (Fsp3) is 0.0952. The molecule has 0 atom stereocenters. The van der Waals surface area contributed by atoms with Gasteiger partial charge in [0.2, 0.25) is 0 Å². The Morgan fingerprint density at radius 1 is 1.07 bits per heavy atom. The van der Waals surface area contributed by atoms with Crippen molar-refractivity contribution in [2.75, 3.05) is 5.32 Å². The van der Waals surface area contributed by atoms with Crippen LogP contribution in [0.3, 0.4) is 0 Å². The molecule has 1 heterocycles. The molecule has 0 saturated heterocycles. The van der Waals surface area contributed by atoms with E-state index in [1.807, 2.05) is 0 Å². The second-order valence-corrected chi connectivity index (χ2v) is 6.48. The molecule has 142 valence electrons. The van der Waals surface area contributed by atoms with Gasteiger partial charge in [-0.25, -0.2) is 4.39 Å². The van der Waals surface area contributed by atoms with Gasteiger partial charge in [-0.3, -0.25) is 14.6 Å². The van der Waals surface area contributed by atoms with Gasteiger partial charge in [0.15, 0.2) is 0 Å². The number of anilines is 1. The maximum atomic E-state index is 13.7. The van der Waals surface area contributed by atoms with Crippen LogP contribution in [0.2, 0.25) is 5.02 Å². The number of nitrogens with zero attached hydrogens (tertiary/aromatic N) is 1. The summed E-state index contributed by atoms with van der Waals surface area (Å²) in [4.78, 5) is 28.8. The average molecular weight is 398 g/mol. The van der Waals surface area contributed by atoms with Gasteiger partial charge in [-0.2, -0.15) is 0 Å². The molecule has 0 radical (unpaired) electrons. The highest BCUT2D eigenvalue weighted by atomic mass is 35.5. The fourth-order valence-corrected chi connectivity index (χ4v) is 2.72. The van der Waals surface area contributed by atoms with Crippen molar-refractivity contribution in [3.05, 3.63) is 94.0 Å². The van der Waals surface area contributed by atoms with Crippen molar-refractivity contribution < 1.29 is 14.0 Å². The quantitative estimate of drug-likeness (QED) is 0.671. The number of benzene rings is 2. The molecule has 3 aromatic rings. The molecular weight excluding hydrogens is 381 g/mol. The normalized spacial score (nSPS) is 10.4. The minimum atomic E-state index is -0.464. The number of hydrogen-bond acceptors (Lipinski definition) is 3. The van der Waals surface area contributed by atoms with E-state index in [9.17, 15) is 14.0 Å². The predicted molar refractivity (Wildman–Crippen MR) is 106 cm³/mol. The number of nitrogens with one attached hydrogen (secondary N) is 2. The molecule has 0 spiro atoms. The highest BCUT2D eigenvalue weighted by Crippen LogP contribution is 2.23. The van der Waals surface area contributed by atoms with E-state index < -0.39 is 17.6 Å². The molecule has 0 aliphatic rings. The van der Waals surface area contributed by atoms with Crippen LogP contribution in [0.15, 0.2) is 60.8 Å². The van der Waals surface area contributed by atoms with E-state index in [0.29, 0.717) is 16.3 Å². The van der Waals surface area contributed by atoms with Gasteiger partial charge in [0, 0.05) is 34.6 Å². The summed E-state index contributed by atoms with van der Waals surface area (Å²) >= 11 is 6.06. The number of pyridine rings is 1. The second-order valence-electron chi connectivity index (χ2n) is 6.07. The van der Waals surface area contributed by atoms with Crippen LogP contribution in [0.4, 0.5) is 10.1 Å². The molecule has 0 aliphatic heterocycles. The molecule has 28 heavy (non-hydrogen) atoms. The summed E-state index contributed by atoms with van der Waals surface area (Å²) in [7, 11) is 0. The molecule has 0 aliphatic carbocycles. The minimum Gasteiger partial charge on any atom is -0.348 e. The maximum absolute atomic E-state index is 13.7. The first kappa shape index (κ1) is 19.5. The Hall–Kier alpha value is -3.25. The number of carbonyl (C=O) groups excluding carboxylic acids is 2. The van der Waals surface area contributed by atoms with Gasteiger partial charge in [0.1, 0.15) is 11.5 Å². The van der Waals surface area contributed by atoms with Crippen molar-refractivity contribution in [2.45, 2.75) is 13.5 Å². The molecular formula is C21H17ClFN3O2. The lowest BCUT2D eigenvalue weighted by molar-refractivity contribution is 0.0950. The second kappa shape index (κ2) is 8.63. The Bertz CT molecular complexity index is 1040. The van der Waals surface area contributed by atoms with Gasteiger partial charge in [-0.05, 0) is 42.8 Å². The van der Waals surface area contributed by atoms with Crippen molar-refractivity contribution in [1.82, 2.24) is 10.3 Å². The largest absolute Gasteiger partial charge is 0.348 e. The third kappa shape index (κ3) is 4.53. The molecule has 3 rings (SSSR count). The minimum absolute atomic E-state index is 0.0388. The predicted octanol–water partition coefficient (Wildman–Crippen LogP) is 4.36. The SMILES string of the molecule is Cc1c(Cl)cccc1NC(=O)c1cc(C(=O)NCc2ccccc2F)ccn1. The zero-order valence-corrected chi connectivity index (χ0v) is 15.8. The van der Waals surface area contributed by atoms with Gasteiger partial charge >= 0.3 is 0 Å². The van der Waals surface area contributed by atoms with E-state index >= 15 is 0 Å². The fourth-order valence-electron chi connectivity index (χ4n) is 2.54. The maximum Gasteiger partial charge on any atom is 0.274 e. The molecule has 0 fully saturated rings. The van der Waals surface area contributed by atoms with E-state index in [-0.39, 0.29) is 17.8 Å². The lowest BCUT2D eigenvalue weighted by Gasteiger charge is -2.10. The monoisotopic (exact) mass is 397 g/mol. The number of carbonyl (C=O) groups is 2. The summed E-state index contributed by atoms with van der Waals surface area (Å²) in [5.41, 5.74) is 2.00. The van der Waals surface area contributed by atoms with Crippen molar-refractivity contribution in [3.8, 4) is 0 Å². The van der Waals surface area contributed by atoms with Crippen LogP contribution < -0.4 is 10.6 Å². The first-order valence-corrected chi connectivity index (χ1v) is 8.87. The number of halogens is 2. The molecule has 0 bridgehead atoms. The first-order chi connectivity index (χ1) is 13.5. The molecule has 0 saturated carbocycles. The van der Waals surface area contributed by atoms with Gasteiger partial charge < -0.3 is 10.6 Å². The summed E-state index contributed by atoms with van der Waals surface area (Å²) in [5, 5.41) is 5.90. The Morgan fingerprint density at radius 3 is 2.64 bits per heavy atom. The third-order valence-corrected chi connectivity index (χ3v) is 4.58. The van der Waals surface area contributed by atoms with Gasteiger partial charge in [-0.1, -0.05) is 35.9 Å². The van der Waals surface area contributed by atoms with Gasteiger partial charge in [0.05, 0.1) is 0 Å². The Kier molecular flexibility index (Phi) is 6.01. The van der Waals surface area contributed by atoms with Gasteiger partial charge in [-0.15, -0.1) is 0 Å². The van der Waals surface area contributed by atoms with Gasteiger partial charge in [0.25, 0.3) is 11.8 Å². The van der Waals surface area contributed by atoms with Crippen LogP contribution in [-0.4, -0.2) is 16.8 Å². The van der Waals surface area contributed by atoms with Crippen molar-refractivity contribution in [2.24, 2.45) is 0 Å². The summed E-state index contributed by atoms with van der Waals surface area (Å²) in [6, 6.07) is 14.2. The van der Waals surface area contributed by atoms with Crippen molar-refractivity contribution in [1.29, 1.82) is 0 Å². The topological polar surface area (TPSA) is 71.1 Å². The summed E-state index contributed by atoms with van der Waals surface area (Å²) in [5.74, 6) is -1.29. The van der Waals surface area contributed by atoms with E-state index in [1.165, 1.54) is 24.4 Å². The summed E-state index contributed by atoms with van der Waals surface area (Å²) in [6.45, 7) is 1.83. The lowest BCUT2D eigenvalue weighted by Crippen LogP contribution is -2.24. The Labute approximate surface area is 166 Å². The van der Waals surface area contributed by atoms with Crippen LogP contribution in [0, 0.1) is 12.7 Å². The molecule has 2 N–H and O–H groups in total. The van der Waals surface area contributed by atoms with Crippen LogP contribution in [0.1, 0.15) is 32.0 Å². The zero-order valence-electron chi connectivity index (χ0n) is 15.0. The van der Waals surface area contributed by atoms with Crippen molar-refractivity contribution >= 4 is 29.1 Å². The highest BCUT2D eigenvalue weighted by Gasteiger charge is 2.14. The van der Waals surface area contributed by atoms with Crippen LogP contribution in [0.5, 0.6) is 0 Å². The van der Waals surface area contributed by atoms with Crippen LogP contribution >= 0.6 is 11.6 Å². The molecule has 0 unspecified atom stereocenters. The van der Waals surface area contributed by atoms with E-state index in [0.717, 1.165) is 5.56 Å². The Balaban J connectivity index is 1.70. The van der Waals surface area contributed by atoms with Crippen LogP contribution in [-0.2, 0) is 6.54 Å². The van der Waals surface area contributed by atoms with Crippen molar-refractivity contribution in [3.63, 3.8) is 0 Å². The standard InChI is InChI=1S/C21H17ClFN3O2/c1-13-16(22)6-4-8-18(13)26-21(28)19-11-14(9-10-24-19)20(27)25-12-15-5-2-3-7-17(15)23/h2-11H,12H2,1H3,(H,25,27)(H,26,28). The third-order valence-electron chi connectivity index (χ3n) is 4.17.